The lowest BCUT2D eigenvalue weighted by Crippen LogP contribution is -2.23. The molecular formula is C23H17FN2O3S. The van der Waals surface area contributed by atoms with Crippen molar-refractivity contribution in [3.63, 3.8) is 0 Å². The van der Waals surface area contributed by atoms with Crippen molar-refractivity contribution in [2.75, 3.05) is 6.26 Å². The molecule has 0 saturated heterocycles. The molecule has 0 aliphatic rings. The van der Waals surface area contributed by atoms with E-state index in [1.165, 1.54) is 30.5 Å². The van der Waals surface area contributed by atoms with Crippen molar-refractivity contribution < 1.29 is 12.8 Å². The van der Waals surface area contributed by atoms with E-state index in [1.807, 2.05) is 30.3 Å². The Kier molecular flexibility index (Phi) is 5.05. The lowest BCUT2D eigenvalue weighted by atomic mass is 10.0. The Hall–Kier alpha value is -3.58. The standard InChI is InChI=1S/C23H17FN2O3S/c1-30(28,29)19-10-11-20(17-8-5-9-18(24)14-17)22(15-19)26-23(27)21(12-13-25-26)16-6-3-2-4-7-16/h2-15H,1H3. The number of hydrogen-bond acceptors (Lipinski definition) is 4. The number of hydrogen-bond donors (Lipinski definition) is 0. The molecule has 0 aliphatic carbocycles. The molecule has 1 aromatic heterocycles. The molecule has 0 amide bonds. The van der Waals surface area contributed by atoms with Crippen LogP contribution in [0.5, 0.6) is 0 Å². The second kappa shape index (κ2) is 7.68. The molecule has 0 spiro atoms. The Morgan fingerprint density at radius 1 is 0.833 bits per heavy atom. The zero-order valence-electron chi connectivity index (χ0n) is 16.0. The zero-order valence-corrected chi connectivity index (χ0v) is 16.8. The fraction of sp³-hybridized carbons (Fsp3) is 0.0435. The van der Waals surface area contributed by atoms with Crippen molar-refractivity contribution in [3.05, 3.63) is 101 Å². The van der Waals surface area contributed by atoms with Crippen molar-refractivity contribution >= 4 is 9.84 Å². The molecule has 7 heteroatoms. The number of sulfone groups is 1. The molecule has 0 saturated carbocycles. The fourth-order valence-electron chi connectivity index (χ4n) is 3.24. The molecule has 0 aliphatic heterocycles. The van der Waals surface area contributed by atoms with Crippen molar-refractivity contribution in [3.8, 4) is 27.9 Å². The van der Waals surface area contributed by atoms with E-state index < -0.39 is 21.2 Å². The van der Waals surface area contributed by atoms with Crippen LogP contribution in [0.4, 0.5) is 4.39 Å². The molecule has 0 bridgehead atoms. The maximum atomic E-state index is 13.8. The van der Waals surface area contributed by atoms with E-state index in [0.29, 0.717) is 22.3 Å². The van der Waals surface area contributed by atoms with Crippen molar-refractivity contribution in [2.45, 2.75) is 4.90 Å². The van der Waals surface area contributed by atoms with Crippen LogP contribution in [0.2, 0.25) is 0 Å². The van der Waals surface area contributed by atoms with E-state index in [-0.39, 0.29) is 10.6 Å². The quantitative estimate of drug-likeness (QED) is 0.498. The molecule has 4 rings (SSSR count). The Balaban J connectivity index is 2.01. The average Bonchev–Trinajstić information content (AvgIpc) is 2.73. The maximum Gasteiger partial charge on any atom is 0.279 e. The molecule has 3 aromatic carbocycles. The zero-order chi connectivity index (χ0) is 21.3. The first-order valence-corrected chi connectivity index (χ1v) is 11.0. The lowest BCUT2D eigenvalue weighted by molar-refractivity contribution is 0.601. The van der Waals surface area contributed by atoms with Gasteiger partial charge in [0, 0.05) is 18.0 Å². The molecule has 5 nitrogen and oxygen atoms in total. The minimum atomic E-state index is -3.53. The molecule has 150 valence electrons. The summed E-state index contributed by atoms with van der Waals surface area (Å²) in [5.74, 6) is -0.441. The molecular weight excluding hydrogens is 403 g/mol. The fourth-order valence-corrected chi connectivity index (χ4v) is 3.88. The summed E-state index contributed by atoms with van der Waals surface area (Å²) < 4.78 is 39.2. The molecule has 0 N–H and O–H groups in total. The van der Waals surface area contributed by atoms with Gasteiger partial charge in [0.1, 0.15) is 5.82 Å². The molecule has 0 atom stereocenters. The number of aromatic nitrogens is 2. The van der Waals surface area contributed by atoms with Gasteiger partial charge in [-0.05, 0) is 41.5 Å². The highest BCUT2D eigenvalue weighted by atomic mass is 32.2. The second-order valence-corrected chi connectivity index (χ2v) is 8.81. The van der Waals surface area contributed by atoms with Crippen LogP contribution >= 0.6 is 0 Å². The van der Waals surface area contributed by atoms with Gasteiger partial charge in [0.15, 0.2) is 9.84 Å². The van der Waals surface area contributed by atoms with Gasteiger partial charge in [0.25, 0.3) is 5.56 Å². The lowest BCUT2D eigenvalue weighted by Gasteiger charge is -2.14. The third-order valence-electron chi connectivity index (χ3n) is 4.69. The van der Waals surface area contributed by atoms with Gasteiger partial charge in [-0.1, -0.05) is 48.5 Å². The predicted molar refractivity (Wildman–Crippen MR) is 114 cm³/mol. The van der Waals surface area contributed by atoms with Crippen molar-refractivity contribution in [1.29, 1.82) is 0 Å². The van der Waals surface area contributed by atoms with Gasteiger partial charge in [-0.25, -0.2) is 12.8 Å². The minimum absolute atomic E-state index is 0.0384. The Labute approximate surface area is 173 Å². The number of rotatable bonds is 4. The minimum Gasteiger partial charge on any atom is -0.267 e. The normalized spacial score (nSPS) is 11.4. The molecule has 4 aromatic rings. The molecule has 30 heavy (non-hydrogen) atoms. The Bertz CT molecular complexity index is 1400. The summed E-state index contributed by atoms with van der Waals surface area (Å²) in [6.07, 6.45) is 2.57. The van der Waals surface area contributed by atoms with Crippen LogP contribution in [0, 0.1) is 5.82 Å². The Morgan fingerprint density at radius 2 is 1.57 bits per heavy atom. The predicted octanol–water partition coefficient (Wildman–Crippen LogP) is 4.11. The van der Waals surface area contributed by atoms with Crippen molar-refractivity contribution in [1.82, 2.24) is 9.78 Å². The topological polar surface area (TPSA) is 69.0 Å². The number of nitrogens with zero attached hydrogens (tertiary/aromatic N) is 2. The monoisotopic (exact) mass is 420 g/mol. The van der Waals surface area contributed by atoms with E-state index >= 15 is 0 Å². The SMILES string of the molecule is CS(=O)(=O)c1ccc(-c2cccc(F)c2)c(-n2nccc(-c3ccccc3)c2=O)c1. The first-order valence-electron chi connectivity index (χ1n) is 9.09. The van der Waals surface area contributed by atoms with Gasteiger partial charge < -0.3 is 0 Å². The summed E-state index contributed by atoms with van der Waals surface area (Å²) in [6, 6.07) is 21.0. The van der Waals surface area contributed by atoms with Crippen LogP contribution in [-0.4, -0.2) is 24.5 Å². The largest absolute Gasteiger partial charge is 0.279 e. The van der Waals surface area contributed by atoms with Gasteiger partial charge in [0.05, 0.1) is 16.1 Å². The van der Waals surface area contributed by atoms with Gasteiger partial charge in [-0.15, -0.1) is 0 Å². The first-order chi connectivity index (χ1) is 14.3. The van der Waals surface area contributed by atoms with E-state index in [1.54, 1.807) is 24.3 Å². The Morgan fingerprint density at radius 3 is 2.27 bits per heavy atom. The highest BCUT2D eigenvalue weighted by Crippen LogP contribution is 2.29. The van der Waals surface area contributed by atoms with E-state index in [2.05, 4.69) is 5.10 Å². The van der Waals surface area contributed by atoms with Crippen LogP contribution in [0.3, 0.4) is 0 Å². The summed E-state index contributed by atoms with van der Waals surface area (Å²) in [5, 5.41) is 4.18. The van der Waals surface area contributed by atoms with Gasteiger partial charge in [-0.2, -0.15) is 9.78 Å². The second-order valence-electron chi connectivity index (χ2n) is 6.79. The smallest absolute Gasteiger partial charge is 0.267 e. The third-order valence-corrected chi connectivity index (χ3v) is 5.80. The van der Waals surface area contributed by atoms with Crippen LogP contribution in [-0.2, 0) is 9.84 Å². The molecule has 1 heterocycles. The number of benzene rings is 3. The van der Waals surface area contributed by atoms with Crippen molar-refractivity contribution in [2.24, 2.45) is 0 Å². The summed E-state index contributed by atoms with van der Waals surface area (Å²) in [6.45, 7) is 0. The molecule has 0 unspecified atom stereocenters. The van der Waals surface area contributed by atoms with Crippen LogP contribution in [0.1, 0.15) is 0 Å². The van der Waals surface area contributed by atoms with E-state index in [0.717, 1.165) is 10.9 Å². The van der Waals surface area contributed by atoms with Crippen LogP contribution in [0.25, 0.3) is 27.9 Å². The van der Waals surface area contributed by atoms with Crippen LogP contribution < -0.4 is 5.56 Å². The summed E-state index contributed by atoms with van der Waals surface area (Å²) in [7, 11) is -3.53. The summed E-state index contributed by atoms with van der Waals surface area (Å²) in [5.41, 5.74) is 1.97. The molecule has 0 radical (unpaired) electrons. The van der Waals surface area contributed by atoms with E-state index in [4.69, 9.17) is 0 Å². The maximum absolute atomic E-state index is 13.8. The van der Waals surface area contributed by atoms with E-state index in [9.17, 15) is 17.6 Å². The number of halogens is 1. The third kappa shape index (κ3) is 3.79. The first kappa shape index (κ1) is 19.7. The summed E-state index contributed by atoms with van der Waals surface area (Å²) >= 11 is 0. The van der Waals surface area contributed by atoms with Crippen LogP contribution in [0.15, 0.2) is 94.7 Å². The average molecular weight is 420 g/mol. The van der Waals surface area contributed by atoms with Gasteiger partial charge in [0.2, 0.25) is 0 Å². The highest BCUT2D eigenvalue weighted by molar-refractivity contribution is 7.90. The van der Waals surface area contributed by atoms with Gasteiger partial charge >= 0.3 is 0 Å². The molecule has 0 fully saturated rings. The summed E-state index contributed by atoms with van der Waals surface area (Å²) in [4.78, 5) is 13.3. The highest BCUT2D eigenvalue weighted by Gasteiger charge is 2.17. The van der Waals surface area contributed by atoms with Gasteiger partial charge in [-0.3, -0.25) is 4.79 Å².